The van der Waals surface area contributed by atoms with E-state index in [1.54, 1.807) is 0 Å². The molecule has 5 N–H and O–H groups in total. The molecule has 0 aromatic carbocycles. The Morgan fingerprint density at radius 1 is 1.73 bits per heavy atom. The van der Waals surface area contributed by atoms with Crippen LogP contribution in [0, 0.1) is 0 Å². The van der Waals surface area contributed by atoms with Gasteiger partial charge in [-0.15, -0.1) is 0 Å². The highest BCUT2D eigenvalue weighted by Gasteiger charge is 2.16. The molecular weight excluding hydrogens is 196 g/mol. The van der Waals surface area contributed by atoms with Crippen LogP contribution in [0.2, 0.25) is 0 Å². The largest absolute Gasteiger partial charge is 0.409 e. The Morgan fingerprint density at radius 2 is 2.53 bits per heavy atom. The number of oxime groups is 1. The number of carbonyl (C=O) groups excluding carboxylic acids is 1. The van der Waals surface area contributed by atoms with Gasteiger partial charge < -0.3 is 21.6 Å². The first-order chi connectivity index (χ1) is 7.22. The van der Waals surface area contributed by atoms with E-state index in [1.165, 1.54) is 0 Å². The quantitative estimate of drug-likeness (QED) is 0.161. The fourth-order valence-electron chi connectivity index (χ4n) is 1.53. The van der Waals surface area contributed by atoms with Crippen molar-refractivity contribution in [1.29, 1.82) is 0 Å². The maximum Gasteiger partial charge on any atom is 0.220 e. The van der Waals surface area contributed by atoms with E-state index in [0.29, 0.717) is 25.4 Å². The smallest absolute Gasteiger partial charge is 0.220 e. The normalized spacial score (nSPS) is 22.5. The van der Waals surface area contributed by atoms with Crippen molar-refractivity contribution in [3.63, 3.8) is 0 Å². The van der Waals surface area contributed by atoms with Crippen molar-refractivity contribution in [1.82, 2.24) is 10.6 Å². The second kappa shape index (κ2) is 6.23. The summed E-state index contributed by atoms with van der Waals surface area (Å²) in [6, 6.07) is 0.356. The van der Waals surface area contributed by atoms with Crippen molar-refractivity contribution in [3.05, 3.63) is 0 Å². The van der Waals surface area contributed by atoms with Gasteiger partial charge in [-0.2, -0.15) is 0 Å². The van der Waals surface area contributed by atoms with Gasteiger partial charge in [0.05, 0.1) is 0 Å². The molecule has 0 aromatic rings. The van der Waals surface area contributed by atoms with Gasteiger partial charge in [0.25, 0.3) is 0 Å². The number of nitrogens with one attached hydrogen (secondary N) is 2. The Balaban J connectivity index is 2.03. The lowest BCUT2D eigenvalue weighted by atomic mass is 10.1. The van der Waals surface area contributed by atoms with E-state index in [2.05, 4.69) is 15.8 Å². The second-order valence-electron chi connectivity index (χ2n) is 3.69. The minimum absolute atomic E-state index is 0.129. The molecule has 15 heavy (non-hydrogen) atoms. The fourth-order valence-corrected chi connectivity index (χ4v) is 1.53. The van der Waals surface area contributed by atoms with Crippen LogP contribution in [-0.2, 0) is 4.79 Å². The molecule has 1 heterocycles. The molecule has 1 atom stereocenters. The molecule has 1 rings (SSSR count). The average Bonchev–Trinajstić information content (AvgIpc) is 2.26. The number of hydrogen-bond donors (Lipinski definition) is 4. The summed E-state index contributed by atoms with van der Waals surface area (Å²) in [5, 5.41) is 17.3. The third-order valence-electron chi connectivity index (χ3n) is 2.44. The van der Waals surface area contributed by atoms with Crippen molar-refractivity contribution in [3.8, 4) is 0 Å². The van der Waals surface area contributed by atoms with E-state index >= 15 is 0 Å². The second-order valence-corrected chi connectivity index (χ2v) is 3.69. The van der Waals surface area contributed by atoms with Crippen LogP contribution in [0.25, 0.3) is 0 Å². The fraction of sp³-hybridized carbons (Fsp3) is 0.778. The lowest BCUT2D eigenvalue weighted by Gasteiger charge is -2.23. The Hall–Kier alpha value is -1.30. The van der Waals surface area contributed by atoms with Crippen LogP contribution in [0.1, 0.15) is 25.7 Å². The zero-order valence-electron chi connectivity index (χ0n) is 8.70. The van der Waals surface area contributed by atoms with Crippen LogP contribution in [0.5, 0.6) is 0 Å². The number of piperidine rings is 1. The third kappa shape index (κ3) is 4.64. The minimum atomic E-state index is 0.129. The minimum Gasteiger partial charge on any atom is -0.409 e. The van der Waals surface area contributed by atoms with Crippen molar-refractivity contribution in [2.24, 2.45) is 10.9 Å². The molecule has 1 saturated heterocycles. The molecule has 86 valence electrons. The van der Waals surface area contributed by atoms with E-state index < -0.39 is 0 Å². The Bertz CT molecular complexity index is 232. The van der Waals surface area contributed by atoms with Gasteiger partial charge in [0.2, 0.25) is 5.91 Å². The first-order valence-corrected chi connectivity index (χ1v) is 5.19. The molecular formula is C9H18N4O2. The number of amidine groups is 1. The molecule has 0 bridgehead atoms. The molecule has 1 aliphatic heterocycles. The summed E-state index contributed by atoms with van der Waals surface area (Å²) in [6.45, 7) is 1.51. The molecule has 1 aliphatic rings. The van der Waals surface area contributed by atoms with Crippen LogP contribution in [-0.4, -0.2) is 36.1 Å². The van der Waals surface area contributed by atoms with Gasteiger partial charge in [-0.3, -0.25) is 4.79 Å². The molecule has 6 heteroatoms. The molecule has 6 nitrogen and oxygen atoms in total. The molecule has 1 unspecified atom stereocenters. The average molecular weight is 214 g/mol. The maximum absolute atomic E-state index is 10.9. The summed E-state index contributed by atoms with van der Waals surface area (Å²) >= 11 is 0. The Kier molecular flexibility index (Phi) is 4.89. The predicted octanol–water partition coefficient (Wildman–Crippen LogP) is -0.619. The highest BCUT2D eigenvalue weighted by molar-refractivity contribution is 5.79. The number of nitrogens with two attached hydrogens (primary N) is 1. The zero-order chi connectivity index (χ0) is 11.1. The molecule has 0 aromatic heterocycles. The van der Waals surface area contributed by atoms with Crippen LogP contribution in [0.15, 0.2) is 5.16 Å². The summed E-state index contributed by atoms with van der Waals surface area (Å²) in [6.07, 6.45) is 2.90. The van der Waals surface area contributed by atoms with Crippen molar-refractivity contribution < 1.29 is 10.0 Å². The van der Waals surface area contributed by atoms with E-state index in [-0.39, 0.29) is 11.7 Å². The number of rotatable bonds is 5. The van der Waals surface area contributed by atoms with Gasteiger partial charge in [-0.25, -0.2) is 0 Å². The summed E-state index contributed by atoms with van der Waals surface area (Å²) in [5.74, 6) is 0.387. The Labute approximate surface area is 88.9 Å². The first kappa shape index (κ1) is 11.8. The molecule has 0 saturated carbocycles. The van der Waals surface area contributed by atoms with Crippen LogP contribution >= 0.6 is 0 Å². The first-order valence-electron chi connectivity index (χ1n) is 5.19. The van der Waals surface area contributed by atoms with Gasteiger partial charge >= 0.3 is 0 Å². The predicted molar refractivity (Wildman–Crippen MR) is 56.7 cm³/mol. The number of amides is 1. The van der Waals surface area contributed by atoms with Gasteiger partial charge in [0.15, 0.2) is 0 Å². The lowest BCUT2D eigenvalue weighted by Crippen LogP contribution is -2.45. The highest BCUT2D eigenvalue weighted by Crippen LogP contribution is 2.02. The van der Waals surface area contributed by atoms with Crippen LogP contribution in [0.4, 0.5) is 0 Å². The van der Waals surface area contributed by atoms with Crippen LogP contribution < -0.4 is 16.4 Å². The molecule has 0 spiro atoms. The van der Waals surface area contributed by atoms with Crippen LogP contribution in [0.3, 0.4) is 0 Å². The van der Waals surface area contributed by atoms with Crippen molar-refractivity contribution >= 4 is 11.7 Å². The third-order valence-corrected chi connectivity index (χ3v) is 2.44. The number of carbonyl (C=O) groups is 1. The maximum atomic E-state index is 10.9. The van der Waals surface area contributed by atoms with Gasteiger partial charge in [-0.1, -0.05) is 5.16 Å². The van der Waals surface area contributed by atoms with Gasteiger partial charge in [-0.05, 0) is 19.4 Å². The Morgan fingerprint density at radius 3 is 3.13 bits per heavy atom. The van der Waals surface area contributed by atoms with E-state index in [1.807, 2.05) is 0 Å². The van der Waals surface area contributed by atoms with Crippen molar-refractivity contribution in [2.75, 3.05) is 13.1 Å². The summed E-state index contributed by atoms with van der Waals surface area (Å²) in [7, 11) is 0. The highest BCUT2D eigenvalue weighted by atomic mass is 16.4. The monoisotopic (exact) mass is 214 g/mol. The number of nitrogens with zero attached hydrogens (tertiary/aromatic N) is 1. The van der Waals surface area contributed by atoms with E-state index in [0.717, 1.165) is 19.4 Å². The van der Waals surface area contributed by atoms with E-state index in [9.17, 15) is 4.79 Å². The topological polar surface area (TPSA) is 99.7 Å². The lowest BCUT2D eigenvalue weighted by molar-refractivity contribution is -0.122. The summed E-state index contributed by atoms with van der Waals surface area (Å²) < 4.78 is 0. The summed E-state index contributed by atoms with van der Waals surface area (Å²) in [5.41, 5.74) is 5.33. The van der Waals surface area contributed by atoms with Gasteiger partial charge in [0.1, 0.15) is 5.84 Å². The molecule has 0 aliphatic carbocycles. The zero-order valence-corrected chi connectivity index (χ0v) is 8.70. The van der Waals surface area contributed by atoms with Gasteiger partial charge in [0, 0.05) is 25.4 Å². The SMILES string of the molecule is NC(CCCNC1CCC(=O)NC1)=NO. The molecule has 1 amide bonds. The molecule has 1 fully saturated rings. The molecule has 0 radical (unpaired) electrons. The number of hydrogen-bond acceptors (Lipinski definition) is 4. The van der Waals surface area contributed by atoms with Crippen molar-refractivity contribution in [2.45, 2.75) is 31.7 Å². The summed E-state index contributed by atoms with van der Waals surface area (Å²) in [4.78, 5) is 10.9. The standard InChI is InChI=1S/C9H18N4O2/c10-8(13-15)2-1-5-11-7-3-4-9(14)12-6-7/h7,11,15H,1-6H2,(H2,10,13)(H,12,14). The van der Waals surface area contributed by atoms with E-state index in [4.69, 9.17) is 10.9 Å².